The Balaban J connectivity index is 1.81. The number of carbonyl (C=O) groups excluding carboxylic acids is 1. The molecule has 5 N–H and O–H groups in total. The lowest BCUT2D eigenvalue weighted by atomic mass is 9.89. The van der Waals surface area contributed by atoms with Crippen LogP contribution in [0.2, 0.25) is 0 Å². The van der Waals surface area contributed by atoms with Gasteiger partial charge in [-0.25, -0.2) is 0 Å². The molecule has 3 aromatic rings. The van der Waals surface area contributed by atoms with Gasteiger partial charge in [0.25, 0.3) is 0 Å². The maximum Gasteiger partial charge on any atom is 0.202 e. The summed E-state index contributed by atoms with van der Waals surface area (Å²) < 4.78 is 5.91. The minimum absolute atomic E-state index is 0.0102. The fourth-order valence-corrected chi connectivity index (χ4v) is 3.42. The van der Waals surface area contributed by atoms with Crippen molar-refractivity contribution in [2.24, 2.45) is 0 Å². The predicted octanol–water partition coefficient (Wildman–Crippen LogP) is 2.78. The number of phenols is 4. The molecule has 1 aliphatic rings. The Bertz CT molecular complexity index is 1070. The second kappa shape index (κ2) is 7.03. The Hall–Kier alpha value is -3.71. The van der Waals surface area contributed by atoms with Crippen molar-refractivity contribution in [1.82, 2.24) is 0 Å². The maximum absolute atomic E-state index is 12.8. The van der Waals surface area contributed by atoms with Gasteiger partial charge in [-0.15, -0.1) is 0 Å². The van der Waals surface area contributed by atoms with Gasteiger partial charge in [0.05, 0.1) is 0 Å². The van der Waals surface area contributed by atoms with Gasteiger partial charge in [0.1, 0.15) is 34.3 Å². The zero-order valence-corrected chi connectivity index (χ0v) is 15.1. The average molecular weight is 394 g/mol. The number of ether oxygens (including phenoxy) is 1. The van der Waals surface area contributed by atoms with E-state index < -0.39 is 23.7 Å². The van der Waals surface area contributed by atoms with Gasteiger partial charge in [0.2, 0.25) is 5.78 Å². The van der Waals surface area contributed by atoms with Gasteiger partial charge in [0, 0.05) is 18.1 Å². The molecule has 148 valence electrons. The van der Waals surface area contributed by atoms with Crippen LogP contribution < -0.4 is 4.74 Å². The molecule has 0 amide bonds. The van der Waals surface area contributed by atoms with Gasteiger partial charge in [-0.3, -0.25) is 4.79 Å². The number of Topliss-reactive ketones (excluding diaryl/α,β-unsaturated/α-hetero) is 1. The first-order valence-corrected chi connectivity index (χ1v) is 8.88. The van der Waals surface area contributed by atoms with Crippen molar-refractivity contribution < 1.29 is 35.1 Å². The SMILES string of the molecule is O=C1c2c(O)cc(O)c(Cc3ccc(O)cc3)c2O[C@H](c2ccc(O)cc2)[C@H]1O. The van der Waals surface area contributed by atoms with Gasteiger partial charge < -0.3 is 30.3 Å². The highest BCUT2D eigenvalue weighted by atomic mass is 16.5. The summed E-state index contributed by atoms with van der Waals surface area (Å²) in [4.78, 5) is 12.8. The van der Waals surface area contributed by atoms with Crippen LogP contribution in [-0.4, -0.2) is 37.4 Å². The van der Waals surface area contributed by atoms with Gasteiger partial charge in [-0.2, -0.15) is 0 Å². The van der Waals surface area contributed by atoms with Gasteiger partial charge in [-0.1, -0.05) is 24.3 Å². The number of ketones is 1. The average Bonchev–Trinajstić information content (AvgIpc) is 2.69. The second-order valence-electron chi connectivity index (χ2n) is 6.88. The highest BCUT2D eigenvalue weighted by Gasteiger charge is 2.40. The summed E-state index contributed by atoms with van der Waals surface area (Å²) in [7, 11) is 0. The summed E-state index contributed by atoms with van der Waals surface area (Å²) in [6.07, 6.45) is -2.47. The van der Waals surface area contributed by atoms with E-state index in [1.165, 1.54) is 36.4 Å². The topological polar surface area (TPSA) is 127 Å². The number of aliphatic hydroxyl groups is 1. The summed E-state index contributed by atoms with van der Waals surface area (Å²) >= 11 is 0. The molecule has 0 saturated heterocycles. The van der Waals surface area contributed by atoms with Crippen molar-refractivity contribution in [1.29, 1.82) is 0 Å². The molecule has 7 heteroatoms. The third-order valence-electron chi connectivity index (χ3n) is 4.93. The summed E-state index contributed by atoms with van der Waals surface area (Å²) in [5.41, 5.74) is 1.26. The van der Waals surface area contributed by atoms with E-state index in [-0.39, 0.29) is 40.5 Å². The van der Waals surface area contributed by atoms with Crippen LogP contribution in [0.5, 0.6) is 28.7 Å². The maximum atomic E-state index is 12.8. The Kier molecular flexibility index (Phi) is 4.52. The summed E-state index contributed by atoms with van der Waals surface area (Å²) in [6, 6.07) is 13.2. The number of rotatable bonds is 3. The van der Waals surface area contributed by atoms with Crippen LogP contribution in [0.4, 0.5) is 0 Å². The number of aromatic hydroxyl groups is 4. The molecule has 0 aliphatic carbocycles. The van der Waals surface area contributed by atoms with Gasteiger partial charge >= 0.3 is 0 Å². The van der Waals surface area contributed by atoms with E-state index in [1.807, 2.05) is 0 Å². The Morgan fingerprint density at radius 1 is 0.828 bits per heavy atom. The van der Waals surface area contributed by atoms with E-state index >= 15 is 0 Å². The number of hydrogen-bond donors (Lipinski definition) is 5. The predicted molar refractivity (Wildman–Crippen MR) is 102 cm³/mol. The highest BCUT2D eigenvalue weighted by Crippen LogP contribution is 2.46. The first kappa shape index (κ1) is 18.6. The molecule has 0 aromatic heterocycles. The quantitative estimate of drug-likeness (QED) is 0.462. The van der Waals surface area contributed by atoms with Crippen molar-refractivity contribution in [2.75, 3.05) is 0 Å². The van der Waals surface area contributed by atoms with Crippen LogP contribution in [0.15, 0.2) is 54.6 Å². The summed E-state index contributed by atoms with van der Waals surface area (Å²) in [6.45, 7) is 0. The van der Waals surface area contributed by atoms with Gasteiger partial charge in [0.15, 0.2) is 12.2 Å². The van der Waals surface area contributed by atoms with Crippen molar-refractivity contribution in [3.63, 3.8) is 0 Å². The van der Waals surface area contributed by atoms with Crippen LogP contribution in [0.25, 0.3) is 0 Å². The monoisotopic (exact) mass is 394 g/mol. The Labute approximate surface area is 165 Å². The standard InChI is InChI=1S/C22H18O7/c23-13-5-1-11(2-6-13)9-15-16(25)10-17(26)18-19(27)20(28)21(29-22(15)18)12-3-7-14(24)8-4-12/h1-8,10,20-21,23-26,28H,9H2/t20-,21+/m0/s1. The molecule has 7 nitrogen and oxygen atoms in total. The number of phenolic OH excluding ortho intramolecular Hbond substituents is 4. The number of fused-ring (bicyclic) bond motifs is 1. The number of benzene rings is 3. The van der Waals surface area contributed by atoms with E-state index in [1.54, 1.807) is 12.1 Å². The Morgan fingerprint density at radius 2 is 1.41 bits per heavy atom. The normalized spacial score (nSPS) is 18.2. The summed E-state index contributed by atoms with van der Waals surface area (Å²) in [5, 5.41) is 50.0. The second-order valence-corrected chi connectivity index (χ2v) is 6.88. The van der Waals surface area contributed by atoms with Crippen LogP contribution in [-0.2, 0) is 6.42 Å². The molecule has 1 heterocycles. The molecule has 4 rings (SSSR count). The molecular formula is C22H18O7. The molecule has 0 saturated carbocycles. The van der Waals surface area contributed by atoms with E-state index in [9.17, 15) is 30.3 Å². The minimum atomic E-state index is -1.57. The molecule has 0 fully saturated rings. The van der Waals surface area contributed by atoms with Crippen LogP contribution in [0.1, 0.15) is 33.2 Å². The fourth-order valence-electron chi connectivity index (χ4n) is 3.42. The molecule has 0 spiro atoms. The van der Waals surface area contributed by atoms with Crippen LogP contribution in [0.3, 0.4) is 0 Å². The molecular weight excluding hydrogens is 376 g/mol. The summed E-state index contributed by atoms with van der Waals surface area (Å²) in [5.74, 6) is -1.37. The first-order chi connectivity index (χ1) is 13.8. The lowest BCUT2D eigenvalue weighted by Gasteiger charge is -2.32. The molecule has 3 aromatic carbocycles. The third kappa shape index (κ3) is 3.32. The largest absolute Gasteiger partial charge is 0.508 e. The number of hydrogen-bond acceptors (Lipinski definition) is 7. The molecule has 0 radical (unpaired) electrons. The van der Waals surface area contributed by atoms with Crippen LogP contribution in [0, 0.1) is 0 Å². The molecule has 0 bridgehead atoms. The zero-order valence-electron chi connectivity index (χ0n) is 15.1. The minimum Gasteiger partial charge on any atom is -0.508 e. The fraction of sp³-hybridized carbons (Fsp3) is 0.136. The lowest BCUT2D eigenvalue weighted by molar-refractivity contribution is 0.0206. The van der Waals surface area contributed by atoms with E-state index in [0.29, 0.717) is 5.56 Å². The third-order valence-corrected chi connectivity index (χ3v) is 4.93. The molecule has 2 atom stereocenters. The van der Waals surface area contributed by atoms with Crippen molar-refractivity contribution in [2.45, 2.75) is 18.6 Å². The first-order valence-electron chi connectivity index (χ1n) is 8.88. The molecule has 0 unspecified atom stereocenters. The van der Waals surface area contributed by atoms with E-state index in [0.717, 1.165) is 11.6 Å². The van der Waals surface area contributed by atoms with Crippen molar-refractivity contribution >= 4 is 5.78 Å². The van der Waals surface area contributed by atoms with Gasteiger partial charge in [-0.05, 0) is 35.4 Å². The molecule has 1 aliphatic heterocycles. The van der Waals surface area contributed by atoms with Crippen molar-refractivity contribution in [3.8, 4) is 28.7 Å². The van der Waals surface area contributed by atoms with E-state index in [2.05, 4.69) is 0 Å². The smallest absolute Gasteiger partial charge is 0.202 e. The number of carbonyl (C=O) groups is 1. The number of aliphatic hydroxyl groups excluding tert-OH is 1. The highest BCUT2D eigenvalue weighted by molar-refractivity contribution is 6.06. The molecule has 29 heavy (non-hydrogen) atoms. The zero-order chi connectivity index (χ0) is 20.7. The lowest BCUT2D eigenvalue weighted by Crippen LogP contribution is -2.36. The Morgan fingerprint density at radius 3 is 2.03 bits per heavy atom. The van der Waals surface area contributed by atoms with E-state index in [4.69, 9.17) is 4.74 Å². The van der Waals surface area contributed by atoms with Crippen LogP contribution >= 0.6 is 0 Å². The van der Waals surface area contributed by atoms with Crippen molar-refractivity contribution in [3.05, 3.63) is 76.9 Å².